The molecule has 0 N–H and O–H groups in total. The van der Waals surface area contributed by atoms with Gasteiger partial charge in [-0.3, -0.25) is 13.9 Å². The molecular formula is C26H32ClN3O2. The fourth-order valence-electron chi connectivity index (χ4n) is 4.88. The van der Waals surface area contributed by atoms with Gasteiger partial charge in [0.1, 0.15) is 0 Å². The van der Waals surface area contributed by atoms with Crippen molar-refractivity contribution in [2.75, 3.05) is 20.1 Å². The van der Waals surface area contributed by atoms with Gasteiger partial charge in [0.2, 0.25) is 0 Å². The van der Waals surface area contributed by atoms with E-state index >= 15 is 0 Å². The van der Waals surface area contributed by atoms with E-state index in [-0.39, 0.29) is 17.4 Å². The Morgan fingerprint density at radius 1 is 1.03 bits per heavy atom. The minimum absolute atomic E-state index is 0.0509. The van der Waals surface area contributed by atoms with Crippen molar-refractivity contribution in [1.82, 2.24) is 14.0 Å². The Bertz CT molecular complexity index is 1190. The van der Waals surface area contributed by atoms with Crippen LogP contribution in [0.15, 0.2) is 41.2 Å². The summed E-state index contributed by atoms with van der Waals surface area (Å²) in [7, 11) is 5.70. The maximum atomic E-state index is 13.2. The van der Waals surface area contributed by atoms with Crippen LogP contribution in [0.5, 0.6) is 0 Å². The van der Waals surface area contributed by atoms with Crippen molar-refractivity contribution in [2.45, 2.75) is 38.5 Å². The van der Waals surface area contributed by atoms with E-state index in [0.29, 0.717) is 0 Å². The van der Waals surface area contributed by atoms with Crippen molar-refractivity contribution in [3.63, 3.8) is 0 Å². The van der Waals surface area contributed by atoms with Gasteiger partial charge in [0.15, 0.2) is 5.78 Å². The Hall–Kier alpha value is -2.37. The highest BCUT2D eigenvalue weighted by atomic mass is 35.5. The van der Waals surface area contributed by atoms with Crippen molar-refractivity contribution in [3.05, 3.63) is 68.6 Å². The van der Waals surface area contributed by atoms with Crippen molar-refractivity contribution in [1.29, 1.82) is 0 Å². The predicted octanol–water partition coefficient (Wildman–Crippen LogP) is 4.62. The second kappa shape index (κ2) is 9.63. The number of hydrogen-bond acceptors (Lipinski definition) is 3. The molecule has 0 amide bonds. The van der Waals surface area contributed by atoms with Gasteiger partial charge in [0.05, 0.1) is 11.0 Å². The van der Waals surface area contributed by atoms with Gasteiger partial charge in [-0.2, -0.15) is 0 Å². The molecule has 5 nitrogen and oxygen atoms in total. The monoisotopic (exact) mass is 453 g/mol. The summed E-state index contributed by atoms with van der Waals surface area (Å²) in [5, 5.41) is 0.838. The number of aryl methyl sites for hydroxylation is 3. The van der Waals surface area contributed by atoms with Gasteiger partial charge in [-0.25, -0.2) is 4.79 Å². The molecule has 1 aliphatic carbocycles. The van der Waals surface area contributed by atoms with E-state index in [1.165, 1.54) is 5.56 Å². The summed E-state index contributed by atoms with van der Waals surface area (Å²) in [4.78, 5) is 27.8. The lowest BCUT2D eigenvalue weighted by Gasteiger charge is -2.24. The third kappa shape index (κ3) is 4.55. The van der Waals surface area contributed by atoms with E-state index in [1.54, 1.807) is 23.2 Å². The number of fused-ring (bicyclic) bond motifs is 2. The topological polar surface area (TPSA) is 47.2 Å². The van der Waals surface area contributed by atoms with Crippen LogP contribution in [0.1, 0.15) is 47.2 Å². The van der Waals surface area contributed by atoms with Crippen molar-refractivity contribution < 1.29 is 4.79 Å². The van der Waals surface area contributed by atoms with E-state index in [4.69, 9.17) is 11.6 Å². The molecule has 0 fully saturated rings. The van der Waals surface area contributed by atoms with E-state index in [1.807, 2.05) is 30.3 Å². The fourth-order valence-corrected chi connectivity index (χ4v) is 5.11. The highest BCUT2D eigenvalue weighted by Crippen LogP contribution is 2.31. The van der Waals surface area contributed by atoms with Crippen LogP contribution in [0, 0.1) is 5.92 Å². The van der Waals surface area contributed by atoms with Crippen LogP contribution < -0.4 is 5.69 Å². The summed E-state index contributed by atoms with van der Waals surface area (Å²) in [5.74, 6) is 0.339. The van der Waals surface area contributed by atoms with E-state index in [2.05, 4.69) is 18.0 Å². The Morgan fingerprint density at radius 2 is 1.75 bits per heavy atom. The Balaban J connectivity index is 1.29. The van der Waals surface area contributed by atoms with E-state index < -0.39 is 0 Å². The minimum atomic E-state index is -0.0509. The number of ketones is 1. The molecule has 0 saturated carbocycles. The summed E-state index contributed by atoms with van der Waals surface area (Å²) in [6.45, 7) is 2.00. The second-order valence-electron chi connectivity index (χ2n) is 9.14. The van der Waals surface area contributed by atoms with Crippen molar-refractivity contribution in [2.24, 2.45) is 20.0 Å². The molecule has 1 aliphatic rings. The number of halogens is 1. The number of unbranched alkanes of at least 4 members (excludes halogenated alkanes) is 1. The Labute approximate surface area is 194 Å². The normalized spacial score (nSPS) is 16.2. The minimum Gasteiger partial charge on any atom is -0.306 e. The molecule has 1 atom stereocenters. The largest absolute Gasteiger partial charge is 0.328 e. The number of carbonyl (C=O) groups is 1. The number of imidazole rings is 1. The summed E-state index contributed by atoms with van der Waals surface area (Å²) in [6.07, 6.45) is 5.83. The maximum Gasteiger partial charge on any atom is 0.328 e. The molecule has 0 bridgehead atoms. The lowest BCUT2D eigenvalue weighted by molar-refractivity contribution is 0.0892. The lowest BCUT2D eigenvalue weighted by Crippen LogP contribution is -2.24. The number of likely N-dealkylation sites (N-methyl/N-ethyl adjacent to an activating group) is 1. The molecule has 3 aromatic rings. The summed E-state index contributed by atoms with van der Waals surface area (Å²) < 4.78 is 3.29. The smallest absolute Gasteiger partial charge is 0.306 e. The molecular weight excluding hydrogens is 422 g/mol. The van der Waals surface area contributed by atoms with Gasteiger partial charge in [0, 0.05) is 37.1 Å². The van der Waals surface area contributed by atoms with Gasteiger partial charge in [0.25, 0.3) is 0 Å². The first-order chi connectivity index (χ1) is 15.4. The van der Waals surface area contributed by atoms with E-state index in [0.717, 1.165) is 78.8 Å². The van der Waals surface area contributed by atoms with Gasteiger partial charge >= 0.3 is 5.69 Å². The van der Waals surface area contributed by atoms with Crippen LogP contribution in [-0.2, 0) is 26.9 Å². The molecule has 4 rings (SSSR count). The first kappa shape index (κ1) is 22.8. The molecule has 0 radical (unpaired) electrons. The zero-order valence-corrected chi connectivity index (χ0v) is 20.0. The summed E-state index contributed by atoms with van der Waals surface area (Å²) in [6, 6.07) is 12.0. The first-order valence-electron chi connectivity index (χ1n) is 11.5. The summed E-state index contributed by atoms with van der Waals surface area (Å²) in [5.41, 5.74) is 4.78. The van der Waals surface area contributed by atoms with Crippen LogP contribution in [-0.4, -0.2) is 40.0 Å². The Morgan fingerprint density at radius 3 is 2.50 bits per heavy atom. The molecule has 32 heavy (non-hydrogen) atoms. The van der Waals surface area contributed by atoms with Gasteiger partial charge < -0.3 is 4.90 Å². The third-order valence-corrected chi connectivity index (χ3v) is 7.33. The second-order valence-corrected chi connectivity index (χ2v) is 9.55. The molecule has 1 unspecified atom stereocenters. The molecule has 2 aromatic carbocycles. The lowest BCUT2D eigenvalue weighted by atomic mass is 9.80. The van der Waals surface area contributed by atoms with Crippen molar-refractivity contribution >= 4 is 28.4 Å². The molecule has 0 aliphatic heterocycles. The average molecular weight is 454 g/mol. The van der Waals surface area contributed by atoms with Crippen LogP contribution in [0.25, 0.3) is 11.0 Å². The molecule has 1 heterocycles. The fraction of sp³-hybridized carbons (Fsp3) is 0.462. The first-order valence-corrected chi connectivity index (χ1v) is 11.9. The number of rotatable bonds is 8. The SMILES string of the molecule is CN(CCCCC1CCc2cc3c(cc2C1=O)n(C)c(=O)n3C)CCc1ccccc1Cl. The maximum absolute atomic E-state index is 13.2. The number of aromatic nitrogens is 2. The zero-order valence-electron chi connectivity index (χ0n) is 19.2. The standard InChI is InChI=1S/C26H32ClN3O2/c1-28(15-13-18-8-4-5-10-22(18)27)14-7-6-9-19-11-12-20-16-23-24(17-21(20)25(19)31)30(3)26(32)29(23)2/h4-5,8,10,16-17,19H,6-7,9,11-15H2,1-3H3. The average Bonchev–Trinajstić information content (AvgIpc) is 3.00. The number of hydrogen-bond donors (Lipinski definition) is 0. The number of carbonyl (C=O) groups excluding carboxylic acids is 1. The van der Waals surface area contributed by atoms with Crippen molar-refractivity contribution in [3.8, 4) is 0 Å². The number of Topliss-reactive ketones (excluding diaryl/α,β-unsaturated/α-hetero) is 1. The van der Waals surface area contributed by atoms with Crippen LogP contribution in [0.4, 0.5) is 0 Å². The Kier molecular flexibility index (Phi) is 6.87. The highest BCUT2D eigenvalue weighted by Gasteiger charge is 2.28. The number of nitrogens with zero attached hydrogens (tertiary/aromatic N) is 3. The van der Waals surface area contributed by atoms with E-state index in [9.17, 15) is 9.59 Å². The van der Waals surface area contributed by atoms with Gasteiger partial charge in [-0.05, 0) is 75.0 Å². The predicted molar refractivity (Wildman–Crippen MR) is 131 cm³/mol. The molecule has 1 aromatic heterocycles. The molecule has 0 spiro atoms. The van der Waals surface area contributed by atoms with Crippen LogP contribution in [0.3, 0.4) is 0 Å². The molecule has 170 valence electrons. The highest BCUT2D eigenvalue weighted by molar-refractivity contribution is 6.31. The third-order valence-electron chi connectivity index (χ3n) is 6.96. The number of benzene rings is 2. The van der Waals surface area contributed by atoms with Gasteiger partial charge in [-0.1, -0.05) is 36.2 Å². The van der Waals surface area contributed by atoms with Gasteiger partial charge in [-0.15, -0.1) is 0 Å². The zero-order chi connectivity index (χ0) is 22.8. The van der Waals surface area contributed by atoms with Crippen LogP contribution >= 0.6 is 11.6 Å². The summed E-state index contributed by atoms with van der Waals surface area (Å²) >= 11 is 6.25. The quantitative estimate of drug-likeness (QED) is 0.467. The van der Waals surface area contributed by atoms with Crippen LogP contribution in [0.2, 0.25) is 5.02 Å². The molecule has 0 saturated heterocycles. The molecule has 6 heteroatoms.